The standard InChI is InChI=1S/C23H26N2O4S/c1-2-14-25(19-7-4-3-5-8-19)21(26)16-29-23(28)17-10-12-18(13-11-17)24-22(27)20-9-6-15-30-20/h6-7,9-13,15H,2-5,8,14,16H2,1H3,(H,24,27). The maximum atomic E-state index is 12.6. The van der Waals surface area contributed by atoms with E-state index < -0.39 is 5.97 Å². The van der Waals surface area contributed by atoms with Crippen LogP contribution in [0.2, 0.25) is 0 Å². The summed E-state index contributed by atoms with van der Waals surface area (Å²) >= 11 is 1.36. The van der Waals surface area contributed by atoms with E-state index in [1.54, 1.807) is 35.2 Å². The molecule has 2 amide bonds. The minimum absolute atomic E-state index is 0.195. The Morgan fingerprint density at radius 1 is 1.13 bits per heavy atom. The van der Waals surface area contributed by atoms with Crippen LogP contribution in [0.4, 0.5) is 5.69 Å². The Hall–Kier alpha value is -2.93. The number of hydrogen-bond donors (Lipinski definition) is 1. The molecule has 3 rings (SSSR count). The number of allylic oxidation sites excluding steroid dienone is 2. The first-order chi connectivity index (χ1) is 14.6. The van der Waals surface area contributed by atoms with Gasteiger partial charge in [0.2, 0.25) is 0 Å². The zero-order chi connectivity index (χ0) is 21.3. The highest BCUT2D eigenvalue weighted by atomic mass is 32.1. The van der Waals surface area contributed by atoms with Crippen molar-refractivity contribution in [1.29, 1.82) is 0 Å². The zero-order valence-electron chi connectivity index (χ0n) is 17.1. The molecular formula is C23H26N2O4S. The molecular weight excluding hydrogens is 400 g/mol. The molecule has 1 heterocycles. The molecule has 2 aromatic rings. The van der Waals surface area contributed by atoms with Gasteiger partial charge in [-0.2, -0.15) is 0 Å². The van der Waals surface area contributed by atoms with E-state index in [2.05, 4.69) is 11.4 Å². The van der Waals surface area contributed by atoms with Crippen LogP contribution in [0.1, 0.15) is 59.1 Å². The van der Waals surface area contributed by atoms with Crippen molar-refractivity contribution in [2.75, 3.05) is 18.5 Å². The normalized spacial score (nSPS) is 13.3. The maximum Gasteiger partial charge on any atom is 0.338 e. The number of carbonyl (C=O) groups excluding carboxylic acids is 3. The summed E-state index contributed by atoms with van der Waals surface area (Å²) < 4.78 is 5.24. The molecule has 0 saturated heterocycles. The number of carbonyl (C=O) groups is 3. The van der Waals surface area contributed by atoms with Crippen molar-refractivity contribution in [2.45, 2.75) is 39.0 Å². The van der Waals surface area contributed by atoms with Crippen molar-refractivity contribution in [3.63, 3.8) is 0 Å². The summed E-state index contributed by atoms with van der Waals surface area (Å²) in [5.74, 6) is -0.953. The van der Waals surface area contributed by atoms with Gasteiger partial charge < -0.3 is 15.0 Å². The van der Waals surface area contributed by atoms with Gasteiger partial charge in [-0.3, -0.25) is 9.59 Å². The predicted molar refractivity (Wildman–Crippen MR) is 118 cm³/mol. The van der Waals surface area contributed by atoms with Crippen LogP contribution in [0.25, 0.3) is 0 Å². The Balaban J connectivity index is 1.54. The average molecular weight is 427 g/mol. The second-order valence-electron chi connectivity index (χ2n) is 7.07. The highest BCUT2D eigenvalue weighted by Gasteiger charge is 2.20. The topological polar surface area (TPSA) is 75.7 Å². The van der Waals surface area contributed by atoms with Gasteiger partial charge in [-0.1, -0.05) is 19.1 Å². The molecule has 0 unspecified atom stereocenters. The number of hydrogen-bond acceptors (Lipinski definition) is 5. The van der Waals surface area contributed by atoms with Crippen LogP contribution in [0.15, 0.2) is 53.6 Å². The third kappa shape index (κ3) is 5.79. The number of nitrogens with one attached hydrogen (secondary N) is 1. The minimum atomic E-state index is -0.562. The summed E-state index contributed by atoms with van der Waals surface area (Å²) in [6, 6.07) is 9.98. The smallest absolute Gasteiger partial charge is 0.338 e. The molecule has 0 atom stereocenters. The molecule has 30 heavy (non-hydrogen) atoms. The summed E-state index contributed by atoms with van der Waals surface area (Å²) in [6.07, 6.45) is 7.05. The fourth-order valence-electron chi connectivity index (χ4n) is 3.30. The Morgan fingerprint density at radius 2 is 1.93 bits per heavy atom. The van der Waals surface area contributed by atoms with Gasteiger partial charge in [-0.15, -0.1) is 11.3 Å². The Morgan fingerprint density at radius 3 is 2.57 bits per heavy atom. The summed E-state index contributed by atoms with van der Waals surface area (Å²) in [6.45, 7) is 2.36. The first-order valence-corrected chi connectivity index (χ1v) is 11.1. The number of rotatable bonds is 8. The van der Waals surface area contributed by atoms with Crippen molar-refractivity contribution in [3.8, 4) is 0 Å². The molecule has 1 aliphatic carbocycles. The van der Waals surface area contributed by atoms with Crippen LogP contribution in [-0.2, 0) is 9.53 Å². The number of amides is 2. The van der Waals surface area contributed by atoms with E-state index in [0.29, 0.717) is 22.7 Å². The van der Waals surface area contributed by atoms with Crippen LogP contribution >= 0.6 is 11.3 Å². The molecule has 158 valence electrons. The van der Waals surface area contributed by atoms with Crippen molar-refractivity contribution in [3.05, 3.63) is 64.0 Å². The number of esters is 1. The van der Waals surface area contributed by atoms with Crippen molar-refractivity contribution < 1.29 is 19.1 Å². The van der Waals surface area contributed by atoms with Crippen LogP contribution in [0, 0.1) is 0 Å². The van der Waals surface area contributed by atoms with E-state index in [9.17, 15) is 14.4 Å². The largest absolute Gasteiger partial charge is 0.452 e. The first kappa shape index (κ1) is 21.8. The molecule has 0 fully saturated rings. The highest BCUT2D eigenvalue weighted by Crippen LogP contribution is 2.21. The molecule has 0 saturated carbocycles. The lowest BCUT2D eigenvalue weighted by Gasteiger charge is -2.27. The van der Waals surface area contributed by atoms with Gasteiger partial charge in [-0.05, 0) is 67.8 Å². The molecule has 0 radical (unpaired) electrons. The molecule has 0 spiro atoms. The number of anilines is 1. The lowest BCUT2D eigenvalue weighted by Crippen LogP contribution is -2.35. The molecule has 7 heteroatoms. The monoisotopic (exact) mass is 426 g/mol. The van der Waals surface area contributed by atoms with E-state index in [4.69, 9.17) is 4.74 Å². The van der Waals surface area contributed by atoms with Crippen LogP contribution in [-0.4, -0.2) is 35.8 Å². The fraction of sp³-hybridized carbons (Fsp3) is 0.348. The zero-order valence-corrected chi connectivity index (χ0v) is 17.9. The van der Waals surface area contributed by atoms with Crippen LogP contribution < -0.4 is 5.32 Å². The molecule has 0 aliphatic heterocycles. The van der Waals surface area contributed by atoms with Crippen molar-refractivity contribution in [1.82, 2.24) is 4.90 Å². The second kappa shape index (κ2) is 10.7. The van der Waals surface area contributed by atoms with Crippen molar-refractivity contribution >= 4 is 34.8 Å². The van der Waals surface area contributed by atoms with Gasteiger partial charge in [0, 0.05) is 17.9 Å². The minimum Gasteiger partial charge on any atom is -0.452 e. The molecule has 6 nitrogen and oxygen atoms in total. The molecule has 1 aromatic carbocycles. The van der Waals surface area contributed by atoms with E-state index in [1.807, 2.05) is 18.4 Å². The van der Waals surface area contributed by atoms with Gasteiger partial charge in [0.15, 0.2) is 6.61 Å². The second-order valence-corrected chi connectivity index (χ2v) is 8.02. The number of ether oxygens (including phenoxy) is 1. The van der Waals surface area contributed by atoms with Gasteiger partial charge in [0.05, 0.1) is 10.4 Å². The van der Waals surface area contributed by atoms with E-state index in [1.165, 1.54) is 11.3 Å². The van der Waals surface area contributed by atoms with Crippen LogP contribution in [0.5, 0.6) is 0 Å². The van der Waals surface area contributed by atoms with Gasteiger partial charge in [-0.25, -0.2) is 4.79 Å². The number of thiophene rings is 1. The summed E-state index contributed by atoms with van der Waals surface area (Å²) in [5.41, 5.74) is 1.95. The quantitative estimate of drug-likeness (QED) is 0.612. The van der Waals surface area contributed by atoms with Gasteiger partial charge in [0.1, 0.15) is 0 Å². The number of nitrogens with zero attached hydrogens (tertiary/aromatic N) is 1. The third-order valence-electron chi connectivity index (χ3n) is 4.81. The highest BCUT2D eigenvalue weighted by molar-refractivity contribution is 7.12. The van der Waals surface area contributed by atoms with Gasteiger partial charge in [0.25, 0.3) is 11.8 Å². The van der Waals surface area contributed by atoms with Crippen LogP contribution in [0.3, 0.4) is 0 Å². The van der Waals surface area contributed by atoms with E-state index in [0.717, 1.165) is 37.8 Å². The first-order valence-electron chi connectivity index (χ1n) is 10.2. The molecule has 0 bridgehead atoms. The number of benzene rings is 1. The van der Waals surface area contributed by atoms with E-state index >= 15 is 0 Å². The third-order valence-corrected chi connectivity index (χ3v) is 5.68. The Labute approximate surface area is 180 Å². The van der Waals surface area contributed by atoms with E-state index in [-0.39, 0.29) is 18.4 Å². The predicted octanol–water partition coefficient (Wildman–Crippen LogP) is 4.85. The summed E-state index contributed by atoms with van der Waals surface area (Å²) in [4.78, 5) is 39.4. The molecule has 1 N–H and O–H groups in total. The Bertz CT molecular complexity index is 904. The fourth-order valence-corrected chi connectivity index (χ4v) is 3.92. The Kier molecular flexibility index (Phi) is 7.79. The SMILES string of the molecule is CCCN(C(=O)COC(=O)c1ccc(NC(=O)c2cccs2)cc1)C1=CCCCC1. The lowest BCUT2D eigenvalue weighted by molar-refractivity contribution is -0.132. The summed E-state index contributed by atoms with van der Waals surface area (Å²) in [5, 5.41) is 4.61. The van der Waals surface area contributed by atoms with Crippen molar-refractivity contribution in [2.24, 2.45) is 0 Å². The maximum absolute atomic E-state index is 12.6. The molecule has 1 aromatic heterocycles. The molecule has 1 aliphatic rings. The average Bonchev–Trinajstić information content (AvgIpc) is 3.32. The lowest BCUT2D eigenvalue weighted by atomic mass is 10.0. The van der Waals surface area contributed by atoms with Gasteiger partial charge >= 0.3 is 5.97 Å². The summed E-state index contributed by atoms with van der Waals surface area (Å²) in [7, 11) is 0.